The number of halogens is 1. The number of hydrogen-bond donors (Lipinski definition) is 0. The van der Waals surface area contributed by atoms with Crippen molar-refractivity contribution in [2.24, 2.45) is 0 Å². The first-order valence-electron chi connectivity index (χ1n) is 8.92. The lowest BCUT2D eigenvalue weighted by atomic mass is 10.1. The van der Waals surface area contributed by atoms with Gasteiger partial charge in [-0.15, -0.1) is 0 Å². The molecule has 0 spiro atoms. The van der Waals surface area contributed by atoms with Crippen molar-refractivity contribution >= 4 is 5.91 Å². The summed E-state index contributed by atoms with van der Waals surface area (Å²) in [6.45, 7) is 4.67. The van der Waals surface area contributed by atoms with Gasteiger partial charge in [-0.1, -0.05) is 23.4 Å². The number of amides is 1. The predicted octanol–water partition coefficient (Wildman–Crippen LogP) is 2.97. The summed E-state index contributed by atoms with van der Waals surface area (Å²) in [4.78, 5) is 18.5. The largest absolute Gasteiger partial charge is 0.335 e. The molecule has 0 N–H and O–H groups in total. The maximum absolute atomic E-state index is 15.5. The maximum Gasteiger partial charge on any atom is 0.258 e. The first-order valence-corrected chi connectivity index (χ1v) is 8.92. The van der Waals surface area contributed by atoms with Crippen molar-refractivity contribution in [2.45, 2.75) is 32.5 Å². The molecule has 3 aromatic rings. The van der Waals surface area contributed by atoms with Gasteiger partial charge < -0.3 is 9.42 Å². The summed E-state index contributed by atoms with van der Waals surface area (Å²) < 4.78 is 22.4. The van der Waals surface area contributed by atoms with E-state index in [1.54, 1.807) is 10.9 Å². The van der Waals surface area contributed by atoms with Gasteiger partial charge in [-0.2, -0.15) is 10.1 Å². The van der Waals surface area contributed by atoms with Crippen LogP contribution in [0.3, 0.4) is 0 Å². The Morgan fingerprint density at radius 1 is 1.33 bits per heavy atom. The van der Waals surface area contributed by atoms with Crippen LogP contribution in [0.15, 0.2) is 41.1 Å². The van der Waals surface area contributed by atoms with Gasteiger partial charge in [0.15, 0.2) is 5.67 Å². The molecule has 1 fully saturated rings. The van der Waals surface area contributed by atoms with Gasteiger partial charge in [0.05, 0.1) is 18.3 Å². The van der Waals surface area contributed by atoms with Crippen molar-refractivity contribution in [2.75, 3.05) is 13.1 Å². The first kappa shape index (κ1) is 17.4. The Labute approximate surface area is 155 Å². The average Bonchev–Trinajstić information content (AvgIpc) is 3.41. The van der Waals surface area contributed by atoms with E-state index in [0.29, 0.717) is 18.7 Å². The topological polar surface area (TPSA) is 77.0 Å². The third-order valence-corrected chi connectivity index (χ3v) is 4.99. The highest BCUT2D eigenvalue weighted by Crippen LogP contribution is 2.36. The molecule has 3 heterocycles. The zero-order chi connectivity index (χ0) is 19.0. The molecular weight excluding hydrogens is 349 g/mol. The minimum absolute atomic E-state index is 0.0161. The normalized spacial score (nSPS) is 19.6. The molecule has 140 valence electrons. The van der Waals surface area contributed by atoms with Gasteiger partial charge >= 0.3 is 0 Å². The van der Waals surface area contributed by atoms with E-state index in [9.17, 15) is 4.79 Å². The van der Waals surface area contributed by atoms with Gasteiger partial charge in [0.25, 0.3) is 11.8 Å². The highest BCUT2D eigenvalue weighted by molar-refractivity contribution is 5.95. The van der Waals surface area contributed by atoms with E-state index in [2.05, 4.69) is 15.2 Å². The van der Waals surface area contributed by atoms with Crippen molar-refractivity contribution < 1.29 is 13.7 Å². The van der Waals surface area contributed by atoms with E-state index in [1.807, 2.05) is 44.2 Å². The lowest BCUT2D eigenvalue weighted by molar-refractivity contribution is 0.0742. The van der Waals surface area contributed by atoms with Crippen LogP contribution in [0, 0.1) is 6.92 Å². The molecular formula is C19H20FN5O2. The molecule has 4 rings (SSSR count). The smallest absolute Gasteiger partial charge is 0.258 e. The van der Waals surface area contributed by atoms with E-state index < -0.39 is 5.67 Å². The highest BCUT2D eigenvalue weighted by atomic mass is 19.1. The maximum atomic E-state index is 15.5. The van der Waals surface area contributed by atoms with Crippen LogP contribution in [-0.2, 0) is 12.2 Å². The second-order valence-electron chi connectivity index (χ2n) is 6.69. The molecule has 1 unspecified atom stereocenters. The predicted molar refractivity (Wildman–Crippen MR) is 95.7 cm³/mol. The number of aryl methyl sites for hydroxylation is 1. The molecule has 1 aliphatic rings. The summed E-state index contributed by atoms with van der Waals surface area (Å²) in [5, 5.41) is 8.03. The van der Waals surface area contributed by atoms with E-state index >= 15 is 4.39 Å². The Morgan fingerprint density at radius 3 is 2.81 bits per heavy atom. The van der Waals surface area contributed by atoms with Gasteiger partial charge in [0, 0.05) is 30.8 Å². The number of benzene rings is 1. The first-order chi connectivity index (χ1) is 13.0. The molecule has 2 aromatic heterocycles. The molecule has 1 amide bonds. The fraction of sp³-hybridized carbons (Fsp3) is 0.368. The fourth-order valence-electron chi connectivity index (χ4n) is 3.38. The summed E-state index contributed by atoms with van der Waals surface area (Å²) in [6, 6.07) is 9.21. The number of hydrogen-bond acceptors (Lipinski definition) is 5. The molecule has 1 saturated heterocycles. The number of nitrogens with zero attached hydrogens (tertiary/aromatic N) is 5. The molecule has 0 radical (unpaired) electrons. The van der Waals surface area contributed by atoms with Crippen LogP contribution in [0.25, 0.3) is 11.5 Å². The molecule has 1 aromatic carbocycles. The van der Waals surface area contributed by atoms with Crippen LogP contribution in [0.1, 0.15) is 35.2 Å². The van der Waals surface area contributed by atoms with Crippen LogP contribution >= 0.6 is 0 Å². The van der Waals surface area contributed by atoms with Crippen molar-refractivity contribution in [1.82, 2.24) is 24.8 Å². The molecule has 1 atom stereocenters. The Morgan fingerprint density at radius 2 is 2.11 bits per heavy atom. The monoisotopic (exact) mass is 369 g/mol. The molecule has 0 aliphatic carbocycles. The molecule has 27 heavy (non-hydrogen) atoms. The fourth-order valence-corrected chi connectivity index (χ4v) is 3.38. The SMILES string of the molecule is CCn1ncc(C(=O)N2CCC(F)(c3noc(-c4ccccc4)n3)C2)c1C. The Bertz CT molecular complexity index is 968. The van der Waals surface area contributed by atoms with Crippen molar-refractivity contribution in [1.29, 1.82) is 0 Å². The number of rotatable bonds is 4. The zero-order valence-corrected chi connectivity index (χ0v) is 15.2. The summed E-state index contributed by atoms with van der Waals surface area (Å²) in [5.41, 5.74) is 0.193. The van der Waals surface area contributed by atoms with Gasteiger partial charge in [0.2, 0.25) is 5.82 Å². The molecule has 8 heteroatoms. The zero-order valence-electron chi connectivity index (χ0n) is 15.2. The summed E-state index contributed by atoms with van der Waals surface area (Å²) >= 11 is 0. The lowest BCUT2D eigenvalue weighted by Gasteiger charge is -2.18. The summed E-state index contributed by atoms with van der Waals surface area (Å²) in [7, 11) is 0. The Kier molecular flexibility index (Phi) is 4.25. The molecule has 0 saturated carbocycles. The van der Waals surface area contributed by atoms with E-state index in [1.165, 1.54) is 4.90 Å². The van der Waals surface area contributed by atoms with E-state index in [4.69, 9.17) is 4.52 Å². The van der Waals surface area contributed by atoms with E-state index in [0.717, 1.165) is 11.3 Å². The van der Waals surface area contributed by atoms with Crippen molar-refractivity contribution in [3.05, 3.63) is 53.6 Å². The lowest BCUT2D eigenvalue weighted by Crippen LogP contribution is -2.33. The second-order valence-corrected chi connectivity index (χ2v) is 6.69. The molecule has 0 bridgehead atoms. The summed E-state index contributed by atoms with van der Waals surface area (Å²) in [6.07, 6.45) is 1.68. The van der Waals surface area contributed by atoms with Crippen LogP contribution in [-0.4, -0.2) is 43.8 Å². The number of likely N-dealkylation sites (tertiary alicyclic amines) is 1. The van der Waals surface area contributed by atoms with Gasteiger partial charge in [-0.05, 0) is 26.0 Å². The second kappa shape index (κ2) is 6.61. The van der Waals surface area contributed by atoms with Gasteiger partial charge in [-0.3, -0.25) is 9.48 Å². The summed E-state index contributed by atoms with van der Waals surface area (Å²) in [5.74, 6) is 0.0311. The Hall–Kier alpha value is -3.03. The number of carbonyl (C=O) groups excluding carboxylic acids is 1. The van der Waals surface area contributed by atoms with E-state index in [-0.39, 0.29) is 30.6 Å². The highest BCUT2D eigenvalue weighted by Gasteiger charge is 2.46. The van der Waals surface area contributed by atoms with Crippen molar-refractivity contribution in [3.8, 4) is 11.5 Å². The standard InChI is InChI=1S/C19H20FN5O2/c1-3-25-13(2)15(11-21-25)17(26)24-10-9-19(20,12-24)18-22-16(27-23-18)14-7-5-4-6-8-14/h4-8,11H,3,9-10,12H2,1-2H3. The van der Waals surface area contributed by atoms with Crippen molar-refractivity contribution in [3.63, 3.8) is 0 Å². The number of alkyl halides is 1. The third kappa shape index (κ3) is 3.01. The average molecular weight is 369 g/mol. The van der Waals surface area contributed by atoms with Gasteiger partial charge in [0.1, 0.15) is 0 Å². The Balaban J connectivity index is 1.54. The molecule has 1 aliphatic heterocycles. The minimum Gasteiger partial charge on any atom is -0.335 e. The number of carbonyl (C=O) groups is 1. The number of aromatic nitrogens is 4. The third-order valence-electron chi connectivity index (χ3n) is 4.99. The van der Waals surface area contributed by atoms with Crippen LogP contribution < -0.4 is 0 Å². The van der Waals surface area contributed by atoms with Crippen LogP contribution in [0.2, 0.25) is 0 Å². The molecule has 7 nitrogen and oxygen atoms in total. The van der Waals surface area contributed by atoms with Gasteiger partial charge in [-0.25, -0.2) is 4.39 Å². The van der Waals surface area contributed by atoms with Crippen LogP contribution in [0.4, 0.5) is 4.39 Å². The van der Waals surface area contributed by atoms with Crippen LogP contribution in [0.5, 0.6) is 0 Å². The minimum atomic E-state index is -1.82. The quantitative estimate of drug-likeness (QED) is 0.707.